The van der Waals surface area contributed by atoms with Crippen molar-refractivity contribution in [2.75, 3.05) is 4.90 Å². The second kappa shape index (κ2) is 7.86. The minimum absolute atomic E-state index is 0.0534. The molecule has 5 nitrogen and oxygen atoms in total. The summed E-state index contributed by atoms with van der Waals surface area (Å²) >= 11 is 2.30. The lowest BCUT2D eigenvalue weighted by atomic mass is 9.98. The summed E-state index contributed by atoms with van der Waals surface area (Å²) in [6, 6.07) is 9.87. The molecule has 1 amide bonds. The van der Waals surface area contributed by atoms with Crippen molar-refractivity contribution >= 4 is 55.5 Å². The van der Waals surface area contributed by atoms with Crippen molar-refractivity contribution in [1.29, 1.82) is 0 Å². The monoisotopic (exact) mass is 482 g/mol. The number of fused-ring (bicyclic) bond motifs is 1. The van der Waals surface area contributed by atoms with Crippen molar-refractivity contribution in [2.24, 2.45) is 0 Å². The maximum absolute atomic E-state index is 13.7. The fourth-order valence-corrected chi connectivity index (χ4v) is 5.63. The highest BCUT2D eigenvalue weighted by molar-refractivity contribution is 7.22. The largest absolute Gasteiger partial charge is 0.507 e. The SMILES string of the molecule is Cc1ccc(/C(O)=C2\C(=O)C(=O)N(c3nc4cc(F)c(F)cc4s3)C2c2cccs2)cc1C. The Bertz CT molecular complexity index is 1440. The van der Waals surface area contributed by atoms with Gasteiger partial charge in [0.2, 0.25) is 0 Å². The molecular weight excluding hydrogens is 466 g/mol. The Kier molecular flexibility index (Phi) is 5.10. The molecule has 1 aliphatic heterocycles. The molecular formula is C24H16F2N2O3S2. The fourth-order valence-electron chi connectivity index (χ4n) is 3.80. The second-order valence-electron chi connectivity index (χ2n) is 7.71. The van der Waals surface area contributed by atoms with Crippen LogP contribution >= 0.6 is 22.7 Å². The zero-order valence-electron chi connectivity index (χ0n) is 17.4. The lowest BCUT2D eigenvalue weighted by molar-refractivity contribution is -0.132. The van der Waals surface area contributed by atoms with Crippen LogP contribution in [0.25, 0.3) is 16.0 Å². The van der Waals surface area contributed by atoms with Gasteiger partial charge in [0, 0.05) is 16.5 Å². The minimum atomic E-state index is -1.05. The molecule has 1 atom stereocenters. The van der Waals surface area contributed by atoms with Gasteiger partial charge in [0.05, 0.1) is 15.8 Å². The molecule has 0 spiro atoms. The normalized spacial score (nSPS) is 17.9. The molecule has 166 valence electrons. The van der Waals surface area contributed by atoms with E-state index in [0.29, 0.717) is 15.1 Å². The number of thiazole rings is 1. The van der Waals surface area contributed by atoms with Gasteiger partial charge in [0.15, 0.2) is 16.8 Å². The van der Waals surface area contributed by atoms with Crippen molar-refractivity contribution < 1.29 is 23.5 Å². The average Bonchev–Trinajstić information content (AvgIpc) is 3.49. The number of thiophene rings is 1. The van der Waals surface area contributed by atoms with Crippen LogP contribution in [0.3, 0.4) is 0 Å². The molecule has 2 aromatic heterocycles. The number of aromatic nitrogens is 1. The lowest BCUT2D eigenvalue weighted by Crippen LogP contribution is -2.28. The first-order valence-corrected chi connectivity index (χ1v) is 11.6. The van der Waals surface area contributed by atoms with Gasteiger partial charge >= 0.3 is 5.91 Å². The molecule has 0 radical (unpaired) electrons. The molecule has 1 saturated heterocycles. The van der Waals surface area contributed by atoms with Gasteiger partial charge < -0.3 is 5.11 Å². The van der Waals surface area contributed by atoms with Crippen LogP contribution in [0.5, 0.6) is 0 Å². The summed E-state index contributed by atoms with van der Waals surface area (Å²) < 4.78 is 27.8. The van der Waals surface area contributed by atoms with Gasteiger partial charge in [0.25, 0.3) is 5.78 Å². The summed E-state index contributed by atoms with van der Waals surface area (Å²) in [5.41, 5.74) is 2.50. The van der Waals surface area contributed by atoms with Crippen LogP contribution < -0.4 is 4.90 Å². The molecule has 0 saturated carbocycles. The Morgan fingerprint density at radius 3 is 2.52 bits per heavy atom. The van der Waals surface area contributed by atoms with E-state index in [1.54, 1.807) is 29.6 Å². The van der Waals surface area contributed by atoms with E-state index in [1.165, 1.54) is 16.2 Å². The van der Waals surface area contributed by atoms with Crippen molar-refractivity contribution in [3.8, 4) is 0 Å². The lowest BCUT2D eigenvalue weighted by Gasteiger charge is -2.21. The summed E-state index contributed by atoms with van der Waals surface area (Å²) in [6.45, 7) is 3.82. The molecule has 2 aromatic carbocycles. The van der Waals surface area contributed by atoms with E-state index >= 15 is 0 Å². The Hall–Kier alpha value is -3.43. The molecule has 3 heterocycles. The standard InChI is InChI=1S/C24H16F2N2O3S2/c1-11-5-6-13(8-12(11)2)21(29)19-20(17-4-3-7-32-17)28(23(31)22(19)30)24-27-16-9-14(25)15(26)10-18(16)33-24/h3-10,20,29H,1-2H3/b21-19+. The number of aryl methyl sites for hydroxylation is 2. The van der Waals surface area contributed by atoms with Crippen LogP contribution in [0, 0.1) is 25.5 Å². The zero-order chi connectivity index (χ0) is 23.4. The number of carbonyl (C=O) groups is 2. The number of Topliss-reactive ketones (excluding diaryl/α,β-unsaturated/α-hetero) is 1. The van der Waals surface area contributed by atoms with Gasteiger partial charge in [-0.05, 0) is 48.6 Å². The van der Waals surface area contributed by atoms with E-state index in [-0.39, 0.29) is 22.0 Å². The van der Waals surface area contributed by atoms with Crippen LogP contribution in [0.1, 0.15) is 27.6 Å². The number of hydrogen-bond donors (Lipinski definition) is 1. The van der Waals surface area contributed by atoms with Crippen LogP contribution in [0.15, 0.2) is 53.4 Å². The van der Waals surface area contributed by atoms with Crippen molar-refractivity contribution in [2.45, 2.75) is 19.9 Å². The van der Waals surface area contributed by atoms with E-state index in [0.717, 1.165) is 34.6 Å². The maximum Gasteiger partial charge on any atom is 0.301 e. The highest BCUT2D eigenvalue weighted by Gasteiger charge is 2.48. The van der Waals surface area contributed by atoms with E-state index < -0.39 is 29.4 Å². The summed E-state index contributed by atoms with van der Waals surface area (Å²) in [6.07, 6.45) is 0. The first-order valence-electron chi connectivity index (χ1n) is 9.94. The quantitative estimate of drug-likeness (QED) is 0.225. The Balaban J connectivity index is 1.71. The summed E-state index contributed by atoms with van der Waals surface area (Å²) in [7, 11) is 0. The van der Waals surface area contributed by atoms with Gasteiger partial charge in [-0.2, -0.15) is 0 Å². The fraction of sp³-hybridized carbons (Fsp3) is 0.125. The summed E-state index contributed by atoms with van der Waals surface area (Å²) in [4.78, 5) is 32.4. The van der Waals surface area contributed by atoms with Crippen LogP contribution in [0.4, 0.5) is 13.9 Å². The van der Waals surface area contributed by atoms with Crippen LogP contribution in [-0.2, 0) is 9.59 Å². The topological polar surface area (TPSA) is 70.5 Å². The minimum Gasteiger partial charge on any atom is -0.507 e. The molecule has 1 aliphatic rings. The Labute approximate surface area is 195 Å². The number of carbonyl (C=O) groups excluding carboxylic acids is 2. The third-order valence-corrected chi connectivity index (χ3v) is 7.60. The number of hydrogen-bond acceptors (Lipinski definition) is 6. The molecule has 5 rings (SSSR count). The van der Waals surface area contributed by atoms with E-state index in [9.17, 15) is 23.5 Å². The van der Waals surface area contributed by atoms with E-state index in [2.05, 4.69) is 4.98 Å². The number of aliphatic hydroxyl groups excluding tert-OH is 1. The summed E-state index contributed by atoms with van der Waals surface area (Å²) in [5.74, 6) is -4.06. The third-order valence-electron chi connectivity index (χ3n) is 5.66. The molecule has 0 aliphatic carbocycles. The second-order valence-corrected chi connectivity index (χ2v) is 9.70. The van der Waals surface area contributed by atoms with Gasteiger partial charge in [0.1, 0.15) is 11.8 Å². The maximum atomic E-state index is 13.7. The first kappa shape index (κ1) is 21.4. The molecule has 9 heteroatoms. The Morgan fingerprint density at radius 1 is 1.06 bits per heavy atom. The third kappa shape index (κ3) is 3.44. The zero-order valence-corrected chi connectivity index (χ0v) is 19.1. The number of aliphatic hydroxyl groups is 1. The van der Waals surface area contributed by atoms with E-state index in [1.807, 2.05) is 19.9 Å². The number of benzene rings is 2. The number of ketones is 1. The number of amides is 1. The van der Waals surface area contributed by atoms with Gasteiger partial charge in [-0.15, -0.1) is 11.3 Å². The highest BCUT2D eigenvalue weighted by Crippen LogP contribution is 2.45. The summed E-state index contributed by atoms with van der Waals surface area (Å²) in [5, 5.41) is 13.1. The molecule has 1 unspecified atom stereocenters. The smallest absolute Gasteiger partial charge is 0.301 e. The first-order chi connectivity index (χ1) is 15.8. The van der Waals surface area contributed by atoms with Gasteiger partial charge in [-0.25, -0.2) is 13.8 Å². The van der Waals surface area contributed by atoms with Gasteiger partial charge in [-0.3, -0.25) is 14.5 Å². The molecule has 4 aromatic rings. The molecule has 33 heavy (non-hydrogen) atoms. The molecule has 0 bridgehead atoms. The van der Waals surface area contributed by atoms with Gasteiger partial charge in [-0.1, -0.05) is 29.5 Å². The highest BCUT2D eigenvalue weighted by atomic mass is 32.1. The van der Waals surface area contributed by atoms with Crippen LogP contribution in [0.2, 0.25) is 0 Å². The Morgan fingerprint density at radius 2 is 1.82 bits per heavy atom. The van der Waals surface area contributed by atoms with Crippen molar-refractivity contribution in [3.63, 3.8) is 0 Å². The molecule has 1 N–H and O–H groups in total. The van der Waals surface area contributed by atoms with E-state index in [4.69, 9.17) is 0 Å². The predicted molar refractivity (Wildman–Crippen MR) is 125 cm³/mol. The average molecular weight is 483 g/mol. The number of nitrogens with zero attached hydrogens (tertiary/aromatic N) is 2. The van der Waals surface area contributed by atoms with Crippen molar-refractivity contribution in [3.05, 3.63) is 86.6 Å². The number of anilines is 1. The van der Waals surface area contributed by atoms with Crippen molar-refractivity contribution in [1.82, 2.24) is 4.98 Å². The predicted octanol–water partition coefficient (Wildman–Crippen LogP) is 5.88. The number of rotatable bonds is 3. The molecule has 1 fully saturated rings. The number of halogens is 2. The van der Waals surface area contributed by atoms with Crippen LogP contribution in [-0.4, -0.2) is 21.8 Å².